The number of nitrogens with two attached hydrogens (primary N) is 1. The van der Waals surface area contributed by atoms with Gasteiger partial charge < -0.3 is 5.73 Å². The number of thiazole rings is 1. The summed E-state index contributed by atoms with van der Waals surface area (Å²) in [5.74, 6) is -0.491. The number of hydrogen-bond donors (Lipinski definition) is 1. The molecule has 2 N–H and O–H groups in total. The summed E-state index contributed by atoms with van der Waals surface area (Å²) in [5, 5.41) is 0.0289. The predicted octanol–water partition coefficient (Wildman–Crippen LogP) is 0.310. The predicted molar refractivity (Wildman–Crippen MR) is 35.0 cm³/mol. The van der Waals surface area contributed by atoms with Crippen LogP contribution in [0.15, 0.2) is 6.20 Å². The normalized spacial score (nSPS) is 9.70. The maximum Gasteiger partial charge on any atom is 0.224 e. The average molecular weight is 160 g/mol. The number of nitrogens with zero attached hydrogens (tertiary/aromatic N) is 1. The highest BCUT2D eigenvalue weighted by Crippen LogP contribution is 2.09. The Labute approximate surface area is 60.7 Å². The smallest absolute Gasteiger partial charge is 0.224 e. The first-order valence-electron chi connectivity index (χ1n) is 2.57. The molecule has 1 amide bonds. The standard InChI is InChI=1S/C5H5FN2OS/c6-3-2-8-5(10-3)1-4(7)9/h2H,1H2,(H2,7,9). The van der Waals surface area contributed by atoms with Crippen molar-refractivity contribution in [2.75, 3.05) is 0 Å². The van der Waals surface area contributed by atoms with Gasteiger partial charge >= 0.3 is 0 Å². The van der Waals surface area contributed by atoms with E-state index in [4.69, 9.17) is 5.73 Å². The van der Waals surface area contributed by atoms with Crippen molar-refractivity contribution in [1.29, 1.82) is 0 Å². The van der Waals surface area contributed by atoms with Gasteiger partial charge in [0.15, 0.2) is 5.13 Å². The molecule has 0 aliphatic carbocycles. The number of carbonyl (C=O) groups excluding carboxylic acids is 1. The van der Waals surface area contributed by atoms with Gasteiger partial charge in [0.25, 0.3) is 0 Å². The average Bonchev–Trinajstić information content (AvgIpc) is 2.13. The Balaban J connectivity index is 2.67. The molecule has 0 fully saturated rings. The Bertz CT molecular complexity index is 248. The van der Waals surface area contributed by atoms with Gasteiger partial charge in [0.05, 0.1) is 12.6 Å². The summed E-state index contributed by atoms with van der Waals surface area (Å²) in [4.78, 5) is 13.8. The van der Waals surface area contributed by atoms with Crippen LogP contribution in [0.1, 0.15) is 5.01 Å². The third-order valence-electron chi connectivity index (χ3n) is 0.851. The van der Waals surface area contributed by atoms with E-state index in [1.807, 2.05) is 0 Å². The van der Waals surface area contributed by atoms with E-state index >= 15 is 0 Å². The maximum atomic E-state index is 12.2. The van der Waals surface area contributed by atoms with Crippen LogP contribution in [-0.4, -0.2) is 10.9 Å². The zero-order chi connectivity index (χ0) is 7.56. The zero-order valence-corrected chi connectivity index (χ0v) is 5.82. The quantitative estimate of drug-likeness (QED) is 0.676. The monoisotopic (exact) mass is 160 g/mol. The summed E-state index contributed by atoms with van der Waals surface area (Å²) in [6.07, 6.45) is 1.09. The molecule has 0 aliphatic heterocycles. The van der Waals surface area contributed by atoms with Gasteiger partial charge in [0, 0.05) is 0 Å². The number of rotatable bonds is 2. The molecule has 10 heavy (non-hydrogen) atoms. The van der Waals surface area contributed by atoms with E-state index in [0.29, 0.717) is 5.01 Å². The van der Waals surface area contributed by atoms with E-state index in [2.05, 4.69) is 4.98 Å². The van der Waals surface area contributed by atoms with Gasteiger partial charge in [-0.05, 0) is 0 Å². The highest BCUT2D eigenvalue weighted by Gasteiger charge is 2.03. The molecule has 0 atom stereocenters. The highest BCUT2D eigenvalue weighted by molar-refractivity contribution is 7.10. The molecular formula is C5H5FN2OS. The Kier molecular flexibility index (Phi) is 1.96. The van der Waals surface area contributed by atoms with Crippen molar-refractivity contribution in [3.8, 4) is 0 Å². The van der Waals surface area contributed by atoms with Gasteiger partial charge in [-0.2, -0.15) is 4.39 Å². The lowest BCUT2D eigenvalue weighted by molar-refractivity contribution is -0.117. The second kappa shape index (κ2) is 2.74. The Morgan fingerprint density at radius 1 is 1.90 bits per heavy atom. The number of aromatic nitrogens is 1. The van der Waals surface area contributed by atoms with E-state index in [1.165, 1.54) is 0 Å². The Hall–Kier alpha value is -0.970. The van der Waals surface area contributed by atoms with Crippen LogP contribution in [0, 0.1) is 5.13 Å². The largest absolute Gasteiger partial charge is 0.369 e. The van der Waals surface area contributed by atoms with E-state index in [9.17, 15) is 9.18 Å². The summed E-state index contributed by atoms with van der Waals surface area (Å²) in [7, 11) is 0. The molecule has 0 radical (unpaired) electrons. The molecule has 0 saturated carbocycles. The van der Waals surface area contributed by atoms with Crippen LogP contribution in [0.25, 0.3) is 0 Å². The molecule has 3 nitrogen and oxygen atoms in total. The molecule has 5 heteroatoms. The van der Waals surface area contributed by atoms with E-state index in [1.54, 1.807) is 0 Å². The van der Waals surface area contributed by atoms with Crippen LogP contribution >= 0.6 is 11.3 Å². The minimum absolute atomic E-state index is 0.0224. The number of halogens is 1. The summed E-state index contributed by atoms with van der Waals surface area (Å²) in [6, 6.07) is 0. The molecule has 1 aromatic rings. The molecule has 0 spiro atoms. The minimum atomic E-state index is -0.491. The molecule has 0 aromatic carbocycles. The van der Waals surface area contributed by atoms with Crippen molar-refractivity contribution in [1.82, 2.24) is 4.98 Å². The van der Waals surface area contributed by atoms with E-state index < -0.39 is 11.0 Å². The second-order valence-corrected chi connectivity index (χ2v) is 2.77. The summed E-state index contributed by atoms with van der Waals surface area (Å²) < 4.78 is 12.2. The fourth-order valence-electron chi connectivity index (χ4n) is 0.519. The molecule has 0 bridgehead atoms. The van der Waals surface area contributed by atoms with Crippen molar-refractivity contribution in [2.24, 2.45) is 5.73 Å². The highest BCUT2D eigenvalue weighted by atomic mass is 32.1. The Morgan fingerprint density at radius 3 is 3.00 bits per heavy atom. The van der Waals surface area contributed by atoms with Crippen molar-refractivity contribution < 1.29 is 9.18 Å². The van der Waals surface area contributed by atoms with Crippen molar-refractivity contribution in [3.63, 3.8) is 0 Å². The second-order valence-electron chi connectivity index (χ2n) is 1.70. The SMILES string of the molecule is NC(=O)Cc1ncc(F)s1. The lowest BCUT2D eigenvalue weighted by Gasteiger charge is -1.85. The maximum absolute atomic E-state index is 12.2. The van der Waals surface area contributed by atoms with E-state index in [0.717, 1.165) is 17.5 Å². The van der Waals surface area contributed by atoms with Crippen LogP contribution in [0.2, 0.25) is 0 Å². The van der Waals surface area contributed by atoms with Gasteiger partial charge in [-0.15, -0.1) is 0 Å². The van der Waals surface area contributed by atoms with Gasteiger partial charge in [-0.3, -0.25) is 4.79 Å². The fraction of sp³-hybridized carbons (Fsp3) is 0.200. The molecule has 0 saturated heterocycles. The van der Waals surface area contributed by atoms with Crippen LogP contribution in [-0.2, 0) is 11.2 Å². The van der Waals surface area contributed by atoms with Crippen LogP contribution in [0.3, 0.4) is 0 Å². The fourth-order valence-corrected chi connectivity index (χ4v) is 1.17. The van der Waals surface area contributed by atoms with Crippen LogP contribution in [0.5, 0.6) is 0 Å². The molecule has 1 rings (SSSR count). The first-order valence-corrected chi connectivity index (χ1v) is 3.38. The minimum Gasteiger partial charge on any atom is -0.369 e. The third-order valence-corrected chi connectivity index (χ3v) is 1.64. The summed E-state index contributed by atoms with van der Waals surface area (Å²) in [5.41, 5.74) is 4.84. The summed E-state index contributed by atoms with van der Waals surface area (Å²) >= 11 is 0.837. The number of primary amides is 1. The van der Waals surface area contributed by atoms with Crippen molar-refractivity contribution in [2.45, 2.75) is 6.42 Å². The van der Waals surface area contributed by atoms with Crippen molar-refractivity contribution >= 4 is 17.2 Å². The molecule has 1 aromatic heterocycles. The lowest BCUT2D eigenvalue weighted by Crippen LogP contribution is -2.13. The number of amides is 1. The van der Waals surface area contributed by atoms with Crippen molar-refractivity contribution in [3.05, 3.63) is 16.3 Å². The molecule has 54 valence electrons. The third kappa shape index (κ3) is 1.77. The van der Waals surface area contributed by atoms with Crippen LogP contribution < -0.4 is 5.73 Å². The van der Waals surface area contributed by atoms with Crippen LogP contribution in [0.4, 0.5) is 4.39 Å². The molecule has 0 aliphatic rings. The molecule has 1 heterocycles. The van der Waals surface area contributed by atoms with Gasteiger partial charge in [-0.1, -0.05) is 11.3 Å². The van der Waals surface area contributed by atoms with E-state index in [-0.39, 0.29) is 6.42 Å². The zero-order valence-electron chi connectivity index (χ0n) is 5.00. The van der Waals surface area contributed by atoms with Gasteiger partial charge in [-0.25, -0.2) is 4.98 Å². The summed E-state index contributed by atoms with van der Waals surface area (Å²) in [6.45, 7) is 0. The topological polar surface area (TPSA) is 56.0 Å². The number of carbonyl (C=O) groups is 1. The van der Waals surface area contributed by atoms with Gasteiger partial charge in [0.2, 0.25) is 5.91 Å². The lowest BCUT2D eigenvalue weighted by atomic mass is 10.4. The Morgan fingerprint density at radius 2 is 2.60 bits per heavy atom. The molecule has 0 unspecified atom stereocenters. The number of hydrogen-bond acceptors (Lipinski definition) is 3. The molecular weight excluding hydrogens is 155 g/mol. The van der Waals surface area contributed by atoms with Gasteiger partial charge in [0.1, 0.15) is 5.01 Å². The first-order chi connectivity index (χ1) is 4.68. The first kappa shape index (κ1) is 7.14.